The van der Waals surface area contributed by atoms with E-state index in [-0.39, 0.29) is 17.1 Å². The Labute approximate surface area is 230 Å². The Balaban J connectivity index is 1.49. The van der Waals surface area contributed by atoms with Crippen molar-refractivity contribution in [1.29, 1.82) is 0 Å². The first-order valence-electron chi connectivity index (χ1n) is 12.4. The van der Waals surface area contributed by atoms with E-state index in [0.29, 0.717) is 29.6 Å². The predicted molar refractivity (Wildman–Crippen MR) is 152 cm³/mol. The molecule has 0 unspecified atom stereocenters. The van der Waals surface area contributed by atoms with Crippen LogP contribution in [0.5, 0.6) is 5.75 Å². The number of Topliss-reactive ketones (excluding diaryl/α,β-unsaturated/α-hetero) is 1. The predicted octanol–water partition coefficient (Wildman–Crippen LogP) is 8.02. The average Bonchev–Trinajstić information content (AvgIpc) is 3.25. The number of ketones is 1. The van der Waals surface area contributed by atoms with Crippen LogP contribution in [-0.4, -0.2) is 33.7 Å². The second-order valence-corrected chi connectivity index (χ2v) is 12.2. The van der Waals surface area contributed by atoms with Crippen LogP contribution < -0.4 is 4.74 Å². The molecule has 0 saturated heterocycles. The zero-order valence-electron chi connectivity index (χ0n) is 21.2. The summed E-state index contributed by atoms with van der Waals surface area (Å²) < 4.78 is 11.9. The Kier molecular flexibility index (Phi) is 7.86. The zero-order valence-corrected chi connectivity index (χ0v) is 23.6. The van der Waals surface area contributed by atoms with Gasteiger partial charge in [0.1, 0.15) is 15.6 Å². The molecule has 0 bridgehead atoms. The van der Waals surface area contributed by atoms with Gasteiger partial charge < -0.3 is 9.47 Å². The molecule has 0 spiro atoms. The van der Waals surface area contributed by atoms with E-state index in [9.17, 15) is 4.79 Å². The lowest BCUT2D eigenvalue weighted by Gasteiger charge is -2.30. The van der Waals surface area contributed by atoms with Crippen LogP contribution in [0.1, 0.15) is 54.4 Å². The second-order valence-electron chi connectivity index (χ2n) is 9.71. The number of hydrogen-bond acceptors (Lipinski definition) is 7. The van der Waals surface area contributed by atoms with E-state index in [1.807, 2.05) is 24.3 Å². The van der Waals surface area contributed by atoms with Gasteiger partial charge in [0, 0.05) is 32.8 Å². The third kappa shape index (κ3) is 6.01. The molecule has 8 heteroatoms. The maximum atomic E-state index is 13.0. The molecule has 2 aromatic heterocycles. The molecule has 1 aliphatic rings. The molecule has 0 radical (unpaired) electrons. The van der Waals surface area contributed by atoms with Crippen LogP contribution in [0.15, 0.2) is 53.6 Å². The zero-order chi connectivity index (χ0) is 26.0. The van der Waals surface area contributed by atoms with Crippen molar-refractivity contribution in [3.8, 4) is 17.1 Å². The van der Waals surface area contributed by atoms with Gasteiger partial charge in [0.25, 0.3) is 0 Å². The summed E-state index contributed by atoms with van der Waals surface area (Å²) >= 11 is 9.13. The van der Waals surface area contributed by atoms with Gasteiger partial charge in [0.15, 0.2) is 11.6 Å². The lowest BCUT2D eigenvalue weighted by molar-refractivity contribution is -0.0379. The maximum absolute atomic E-state index is 13.0. The molecule has 2 aromatic carbocycles. The van der Waals surface area contributed by atoms with Crippen molar-refractivity contribution < 1.29 is 14.3 Å². The topological polar surface area (TPSA) is 61.3 Å². The maximum Gasteiger partial charge on any atom is 0.173 e. The van der Waals surface area contributed by atoms with E-state index in [4.69, 9.17) is 31.0 Å². The third-order valence-electron chi connectivity index (χ3n) is 6.28. The highest BCUT2D eigenvalue weighted by Gasteiger charge is 2.31. The fraction of sp³-hybridized carbons (Fsp3) is 0.345. The molecule has 5 nitrogen and oxygen atoms in total. The minimum Gasteiger partial charge on any atom is -0.494 e. The summed E-state index contributed by atoms with van der Waals surface area (Å²) in [6.07, 6.45) is 2.91. The largest absolute Gasteiger partial charge is 0.494 e. The molecule has 0 atom stereocenters. The fourth-order valence-corrected chi connectivity index (χ4v) is 6.48. The number of carbonyl (C=O) groups is 1. The molecule has 192 valence electrons. The number of carbonyl (C=O) groups excluding carboxylic acids is 1. The van der Waals surface area contributed by atoms with Crippen LogP contribution in [0.3, 0.4) is 0 Å². The molecule has 0 fully saturated rings. The normalized spacial score (nSPS) is 14.5. The average molecular weight is 553 g/mol. The minimum absolute atomic E-state index is 0.0383. The van der Waals surface area contributed by atoms with Crippen molar-refractivity contribution >= 4 is 50.7 Å². The first-order chi connectivity index (χ1) is 17.8. The van der Waals surface area contributed by atoms with Gasteiger partial charge in [-0.25, -0.2) is 9.97 Å². The standard InChI is InChI=1S/C29H29ClN2O3S2/c1-4-5-14-34-21-12-8-19(9-13-21)26-31-27(36-17-23(33)18-6-10-20(30)11-7-18)25-22-15-29(2,3)35-16-24(22)37-28(25)32-26/h6-13H,4-5,14-17H2,1-3H3. The van der Waals surface area contributed by atoms with E-state index in [0.717, 1.165) is 45.8 Å². The Bertz CT molecular complexity index is 1420. The number of rotatable bonds is 9. The quantitative estimate of drug-likeness (QED) is 0.0906. The minimum atomic E-state index is -0.256. The summed E-state index contributed by atoms with van der Waals surface area (Å²) in [4.78, 5) is 25.0. The first-order valence-corrected chi connectivity index (χ1v) is 14.6. The number of fused-ring (bicyclic) bond motifs is 3. The number of nitrogens with zero attached hydrogens (tertiary/aromatic N) is 2. The highest BCUT2D eigenvalue weighted by Crippen LogP contribution is 2.42. The van der Waals surface area contributed by atoms with Gasteiger partial charge in [0.05, 0.1) is 24.6 Å². The number of aromatic nitrogens is 2. The summed E-state index contributed by atoms with van der Waals surface area (Å²) in [6.45, 7) is 7.63. The van der Waals surface area contributed by atoms with Crippen LogP contribution in [0, 0.1) is 0 Å². The van der Waals surface area contributed by atoms with E-state index < -0.39 is 0 Å². The number of ether oxygens (including phenoxy) is 2. The van der Waals surface area contributed by atoms with Gasteiger partial charge in [-0.05, 0) is 74.4 Å². The Morgan fingerprint density at radius 3 is 2.62 bits per heavy atom. The number of hydrogen-bond donors (Lipinski definition) is 0. The second kappa shape index (κ2) is 11.1. The van der Waals surface area contributed by atoms with Gasteiger partial charge >= 0.3 is 0 Å². The van der Waals surface area contributed by atoms with E-state index in [1.165, 1.54) is 22.2 Å². The smallest absolute Gasteiger partial charge is 0.173 e. The van der Waals surface area contributed by atoms with Gasteiger partial charge in [-0.3, -0.25) is 4.79 Å². The van der Waals surface area contributed by atoms with Crippen LogP contribution in [0.2, 0.25) is 5.02 Å². The van der Waals surface area contributed by atoms with Crippen molar-refractivity contribution in [2.75, 3.05) is 12.4 Å². The molecule has 0 saturated carbocycles. The molecule has 0 amide bonds. The molecule has 5 rings (SSSR count). The van der Waals surface area contributed by atoms with Crippen molar-refractivity contribution in [1.82, 2.24) is 9.97 Å². The number of benzene rings is 2. The molecule has 0 aliphatic carbocycles. The summed E-state index contributed by atoms with van der Waals surface area (Å²) in [5.74, 6) is 1.80. The van der Waals surface area contributed by atoms with Crippen molar-refractivity contribution in [2.24, 2.45) is 0 Å². The summed E-state index contributed by atoms with van der Waals surface area (Å²) in [5.41, 5.74) is 2.54. The molecular weight excluding hydrogens is 524 g/mol. The lowest BCUT2D eigenvalue weighted by atomic mass is 9.94. The molecule has 1 aliphatic heterocycles. The molecule has 4 aromatic rings. The van der Waals surface area contributed by atoms with Gasteiger partial charge in [-0.1, -0.05) is 36.7 Å². The summed E-state index contributed by atoms with van der Waals surface area (Å²) in [6, 6.07) is 14.9. The Hall–Kier alpha value is -2.45. The number of thioether (sulfide) groups is 1. The Morgan fingerprint density at radius 2 is 1.89 bits per heavy atom. The van der Waals surface area contributed by atoms with Crippen molar-refractivity contribution in [3.63, 3.8) is 0 Å². The van der Waals surface area contributed by atoms with Crippen LogP contribution in [0.4, 0.5) is 0 Å². The SMILES string of the molecule is CCCCOc1ccc(-c2nc(SCC(=O)c3ccc(Cl)cc3)c3c4c(sc3n2)COC(C)(C)C4)cc1. The molecule has 3 heterocycles. The molecule has 0 N–H and O–H groups in total. The van der Waals surface area contributed by atoms with Gasteiger partial charge in [-0.2, -0.15) is 0 Å². The molecular formula is C29H29ClN2O3S2. The highest BCUT2D eigenvalue weighted by atomic mass is 35.5. The number of unbranched alkanes of at least 4 members (excludes halogenated alkanes) is 1. The monoisotopic (exact) mass is 552 g/mol. The van der Waals surface area contributed by atoms with Crippen LogP contribution >= 0.6 is 34.7 Å². The van der Waals surface area contributed by atoms with Crippen LogP contribution in [-0.2, 0) is 17.8 Å². The van der Waals surface area contributed by atoms with E-state index >= 15 is 0 Å². The van der Waals surface area contributed by atoms with Gasteiger partial charge in [-0.15, -0.1) is 11.3 Å². The summed E-state index contributed by atoms with van der Waals surface area (Å²) in [5, 5.41) is 2.50. The number of halogens is 1. The van der Waals surface area contributed by atoms with E-state index in [2.05, 4.69) is 20.8 Å². The number of thiophene rings is 1. The highest BCUT2D eigenvalue weighted by molar-refractivity contribution is 8.00. The van der Waals surface area contributed by atoms with Crippen molar-refractivity contribution in [2.45, 2.75) is 57.3 Å². The van der Waals surface area contributed by atoms with Crippen molar-refractivity contribution in [3.05, 3.63) is 69.6 Å². The fourth-order valence-electron chi connectivity index (χ4n) is 4.23. The van der Waals surface area contributed by atoms with Crippen LogP contribution in [0.25, 0.3) is 21.6 Å². The Morgan fingerprint density at radius 1 is 1.14 bits per heavy atom. The molecule has 37 heavy (non-hydrogen) atoms. The summed E-state index contributed by atoms with van der Waals surface area (Å²) in [7, 11) is 0. The first kappa shape index (κ1) is 26.2. The third-order valence-corrected chi connectivity index (χ3v) is 8.61. The van der Waals surface area contributed by atoms with Gasteiger partial charge in [0.2, 0.25) is 0 Å². The lowest BCUT2D eigenvalue weighted by Crippen LogP contribution is -2.31. The van der Waals surface area contributed by atoms with E-state index in [1.54, 1.807) is 35.6 Å².